The molecule has 0 saturated heterocycles. The predicted octanol–water partition coefficient (Wildman–Crippen LogP) is 2.16. The van der Waals surface area contributed by atoms with Gasteiger partial charge in [0.2, 0.25) is 0 Å². The molecular formula is C9H9BrO2. The summed E-state index contributed by atoms with van der Waals surface area (Å²) in [6, 6.07) is 5.19. The molecule has 0 aliphatic carbocycles. The average molecular weight is 229 g/mol. The van der Waals surface area contributed by atoms with Gasteiger partial charge in [0.15, 0.2) is 0 Å². The minimum absolute atomic E-state index is 0.00208. The molecule has 0 amide bonds. The van der Waals surface area contributed by atoms with Crippen LogP contribution in [0.3, 0.4) is 0 Å². The van der Waals surface area contributed by atoms with E-state index >= 15 is 0 Å². The topological polar surface area (TPSA) is 40.5 Å². The molecule has 0 radical (unpaired) electrons. The number of hydrogen-bond acceptors (Lipinski definition) is 2. The number of benzene rings is 1. The number of aliphatic hydroxyl groups excluding tert-OH is 1. The van der Waals surface area contributed by atoms with Crippen LogP contribution in [0.15, 0.2) is 28.7 Å². The van der Waals surface area contributed by atoms with Crippen molar-refractivity contribution in [3.8, 4) is 5.75 Å². The molecule has 2 nitrogen and oxygen atoms in total. The van der Waals surface area contributed by atoms with Crippen LogP contribution < -0.4 is 0 Å². The summed E-state index contributed by atoms with van der Waals surface area (Å²) in [7, 11) is 0. The lowest BCUT2D eigenvalue weighted by molar-refractivity contribution is 0.343. The fraction of sp³-hybridized carbons (Fsp3) is 0.111. The molecule has 1 aromatic carbocycles. The summed E-state index contributed by atoms with van der Waals surface area (Å²) in [5.74, 6) is 0.204. The Balaban J connectivity index is 3.00. The lowest BCUT2D eigenvalue weighted by atomic mass is 10.2. The van der Waals surface area contributed by atoms with E-state index < -0.39 is 0 Å². The van der Waals surface area contributed by atoms with Crippen molar-refractivity contribution in [2.45, 2.75) is 0 Å². The smallest absolute Gasteiger partial charge is 0.130 e. The molecule has 64 valence electrons. The first-order valence-electron chi connectivity index (χ1n) is 3.50. The molecule has 0 aromatic heterocycles. The number of rotatable bonds is 2. The van der Waals surface area contributed by atoms with Gasteiger partial charge in [-0.05, 0) is 27.6 Å². The van der Waals surface area contributed by atoms with Gasteiger partial charge >= 0.3 is 0 Å². The summed E-state index contributed by atoms with van der Waals surface area (Å²) >= 11 is 3.23. The highest BCUT2D eigenvalue weighted by atomic mass is 79.9. The highest BCUT2D eigenvalue weighted by Gasteiger charge is 1.99. The third-order valence-electron chi connectivity index (χ3n) is 1.41. The largest absolute Gasteiger partial charge is 0.507 e. The maximum absolute atomic E-state index is 9.26. The molecule has 0 aliphatic rings. The van der Waals surface area contributed by atoms with Gasteiger partial charge in [-0.1, -0.05) is 24.3 Å². The molecule has 0 unspecified atom stereocenters. The Kier molecular flexibility index (Phi) is 3.31. The summed E-state index contributed by atoms with van der Waals surface area (Å²) in [6.45, 7) is 0.00208. The molecule has 0 aliphatic heterocycles. The maximum atomic E-state index is 9.26. The van der Waals surface area contributed by atoms with Crippen LogP contribution in [0.1, 0.15) is 5.56 Å². The second kappa shape index (κ2) is 4.28. The Morgan fingerprint density at radius 1 is 1.42 bits per heavy atom. The Labute approximate surface area is 79.3 Å². The third-order valence-corrected chi connectivity index (χ3v) is 2.28. The highest BCUT2D eigenvalue weighted by molar-refractivity contribution is 9.10. The van der Waals surface area contributed by atoms with Gasteiger partial charge in [-0.3, -0.25) is 0 Å². The van der Waals surface area contributed by atoms with Gasteiger partial charge in [0.25, 0.3) is 0 Å². The first kappa shape index (κ1) is 9.29. The maximum Gasteiger partial charge on any atom is 0.130 e. The number of halogens is 1. The molecule has 1 rings (SSSR count). The molecule has 12 heavy (non-hydrogen) atoms. The van der Waals surface area contributed by atoms with Gasteiger partial charge < -0.3 is 10.2 Å². The molecule has 0 bridgehead atoms. The molecule has 0 fully saturated rings. The van der Waals surface area contributed by atoms with Crippen LogP contribution >= 0.6 is 15.9 Å². The zero-order chi connectivity index (χ0) is 8.97. The molecule has 0 saturated carbocycles. The van der Waals surface area contributed by atoms with E-state index in [0.29, 0.717) is 4.47 Å². The summed E-state index contributed by atoms with van der Waals surface area (Å²) in [5, 5.41) is 17.8. The molecule has 1 aromatic rings. The van der Waals surface area contributed by atoms with Gasteiger partial charge in [0.1, 0.15) is 5.75 Å². The second-order valence-corrected chi connectivity index (χ2v) is 3.06. The van der Waals surface area contributed by atoms with Gasteiger partial charge in [0.05, 0.1) is 11.1 Å². The predicted molar refractivity (Wildman–Crippen MR) is 51.9 cm³/mol. The van der Waals surface area contributed by atoms with Crippen molar-refractivity contribution in [3.05, 3.63) is 34.3 Å². The van der Waals surface area contributed by atoms with E-state index in [4.69, 9.17) is 5.11 Å². The van der Waals surface area contributed by atoms with Crippen molar-refractivity contribution < 1.29 is 10.2 Å². The molecule has 0 heterocycles. The van der Waals surface area contributed by atoms with E-state index in [-0.39, 0.29) is 12.4 Å². The second-order valence-electron chi connectivity index (χ2n) is 2.27. The van der Waals surface area contributed by atoms with Crippen LogP contribution in [0.4, 0.5) is 0 Å². The van der Waals surface area contributed by atoms with E-state index in [1.165, 1.54) is 0 Å². The van der Waals surface area contributed by atoms with E-state index in [1.54, 1.807) is 24.3 Å². The van der Waals surface area contributed by atoms with Crippen LogP contribution in [-0.2, 0) is 0 Å². The minimum atomic E-state index is 0.00208. The minimum Gasteiger partial charge on any atom is -0.507 e. The monoisotopic (exact) mass is 228 g/mol. The summed E-state index contributed by atoms with van der Waals surface area (Å²) < 4.78 is 0.648. The zero-order valence-electron chi connectivity index (χ0n) is 6.37. The van der Waals surface area contributed by atoms with E-state index in [1.807, 2.05) is 6.07 Å². The lowest BCUT2D eigenvalue weighted by Gasteiger charge is -1.99. The van der Waals surface area contributed by atoms with E-state index in [0.717, 1.165) is 5.56 Å². The fourth-order valence-corrected chi connectivity index (χ4v) is 1.24. The SMILES string of the molecule is OCC=Cc1cccc(O)c1Br. The van der Waals surface area contributed by atoms with E-state index in [2.05, 4.69) is 15.9 Å². The standard InChI is InChI=1S/C9H9BrO2/c10-9-7(4-2-6-11)3-1-5-8(9)12/h1-5,11-12H,6H2. The number of phenolic OH excluding ortho intramolecular Hbond substituents is 1. The Morgan fingerprint density at radius 3 is 2.83 bits per heavy atom. The zero-order valence-corrected chi connectivity index (χ0v) is 7.95. The van der Waals surface area contributed by atoms with Gasteiger partial charge in [0, 0.05) is 0 Å². The van der Waals surface area contributed by atoms with E-state index in [9.17, 15) is 5.11 Å². The summed E-state index contributed by atoms with van der Waals surface area (Å²) in [5.41, 5.74) is 0.851. The molecular weight excluding hydrogens is 220 g/mol. The van der Waals surface area contributed by atoms with Crippen LogP contribution in [0.25, 0.3) is 6.08 Å². The third kappa shape index (κ3) is 2.09. The quantitative estimate of drug-likeness (QED) is 0.815. The van der Waals surface area contributed by atoms with Gasteiger partial charge in [-0.15, -0.1) is 0 Å². The molecule has 0 spiro atoms. The first-order valence-corrected chi connectivity index (χ1v) is 4.30. The van der Waals surface area contributed by atoms with Crippen molar-refractivity contribution in [1.82, 2.24) is 0 Å². The van der Waals surface area contributed by atoms with Crippen molar-refractivity contribution in [3.63, 3.8) is 0 Å². The Bertz CT molecular complexity index is 295. The van der Waals surface area contributed by atoms with Crippen LogP contribution in [0.5, 0.6) is 5.75 Å². The van der Waals surface area contributed by atoms with Crippen molar-refractivity contribution in [1.29, 1.82) is 0 Å². The van der Waals surface area contributed by atoms with Crippen LogP contribution in [-0.4, -0.2) is 16.8 Å². The van der Waals surface area contributed by atoms with Gasteiger partial charge in [-0.25, -0.2) is 0 Å². The molecule has 3 heteroatoms. The van der Waals surface area contributed by atoms with Crippen molar-refractivity contribution in [2.75, 3.05) is 6.61 Å². The van der Waals surface area contributed by atoms with Crippen LogP contribution in [0, 0.1) is 0 Å². The Hall–Kier alpha value is -0.800. The number of hydrogen-bond donors (Lipinski definition) is 2. The summed E-state index contributed by atoms with van der Waals surface area (Å²) in [4.78, 5) is 0. The number of phenols is 1. The molecule has 2 N–H and O–H groups in total. The number of aromatic hydroxyl groups is 1. The van der Waals surface area contributed by atoms with Crippen molar-refractivity contribution >= 4 is 22.0 Å². The normalized spacial score (nSPS) is 10.8. The lowest BCUT2D eigenvalue weighted by Crippen LogP contribution is -1.77. The first-order chi connectivity index (χ1) is 5.75. The highest BCUT2D eigenvalue weighted by Crippen LogP contribution is 2.27. The van der Waals surface area contributed by atoms with Crippen LogP contribution in [0.2, 0.25) is 0 Å². The Morgan fingerprint density at radius 2 is 2.17 bits per heavy atom. The fourth-order valence-electron chi connectivity index (χ4n) is 0.846. The summed E-state index contributed by atoms with van der Waals surface area (Å²) in [6.07, 6.45) is 3.35. The van der Waals surface area contributed by atoms with Gasteiger partial charge in [-0.2, -0.15) is 0 Å². The average Bonchev–Trinajstić information content (AvgIpc) is 2.08. The molecule has 0 atom stereocenters. The number of aliphatic hydroxyl groups is 1. The van der Waals surface area contributed by atoms with Crippen molar-refractivity contribution in [2.24, 2.45) is 0 Å².